The monoisotopic (exact) mass is 217 g/mol. The van der Waals surface area contributed by atoms with Crippen LogP contribution in [-0.2, 0) is 0 Å². The van der Waals surface area contributed by atoms with Crippen LogP contribution in [0.15, 0.2) is 18.2 Å². The first kappa shape index (κ1) is 10.8. The zero-order valence-corrected chi connectivity index (χ0v) is 9.07. The molecule has 1 aromatic carbocycles. The number of benzene rings is 1. The van der Waals surface area contributed by atoms with Gasteiger partial charge in [0.25, 0.3) is 0 Å². The lowest BCUT2D eigenvalue weighted by Crippen LogP contribution is -2.11. The molecular weight excluding hydrogens is 205 g/mol. The Hall–Kier alpha value is -0.240. The molecule has 2 N–H and O–H groups in total. The smallest absolute Gasteiger partial charge is 0.0595 e. The third-order valence-corrected chi connectivity index (χ3v) is 2.93. The van der Waals surface area contributed by atoms with Gasteiger partial charge in [-0.1, -0.05) is 36.2 Å². The molecule has 0 spiro atoms. The minimum absolute atomic E-state index is 0.384. The molecule has 1 aromatic rings. The lowest BCUT2D eigenvalue weighted by molar-refractivity contribution is 0.674. The molecule has 0 amide bonds. The van der Waals surface area contributed by atoms with Gasteiger partial charge in [0, 0.05) is 0 Å². The second-order valence-electron chi connectivity index (χ2n) is 3.01. The Morgan fingerprint density at radius 3 is 2.46 bits per heavy atom. The minimum Gasteiger partial charge on any atom is -0.330 e. The third-order valence-electron chi connectivity index (χ3n) is 2.19. The van der Waals surface area contributed by atoms with Crippen LogP contribution in [0.1, 0.15) is 24.8 Å². The maximum Gasteiger partial charge on any atom is 0.0595 e. The molecule has 72 valence electrons. The molecule has 0 heterocycles. The van der Waals surface area contributed by atoms with E-state index in [1.807, 2.05) is 18.2 Å². The van der Waals surface area contributed by atoms with Gasteiger partial charge in [-0.3, -0.25) is 0 Å². The fourth-order valence-electron chi connectivity index (χ4n) is 1.30. The molecule has 0 unspecified atom stereocenters. The summed E-state index contributed by atoms with van der Waals surface area (Å²) in [6.07, 6.45) is 1.02. The van der Waals surface area contributed by atoms with Crippen molar-refractivity contribution in [3.8, 4) is 0 Å². The molecule has 13 heavy (non-hydrogen) atoms. The summed E-state index contributed by atoms with van der Waals surface area (Å²) in [6, 6.07) is 5.69. The first-order valence-electron chi connectivity index (χ1n) is 4.34. The summed E-state index contributed by atoms with van der Waals surface area (Å²) in [4.78, 5) is 0. The molecule has 0 fully saturated rings. The Morgan fingerprint density at radius 1 is 1.31 bits per heavy atom. The molecule has 1 rings (SSSR count). The highest BCUT2D eigenvalue weighted by atomic mass is 35.5. The average Bonchev–Trinajstić information content (AvgIpc) is 2.13. The Bertz CT molecular complexity index is 282. The van der Waals surface area contributed by atoms with E-state index >= 15 is 0 Å². The minimum atomic E-state index is 0.384. The normalized spacial score (nSPS) is 12.9. The van der Waals surface area contributed by atoms with Crippen molar-refractivity contribution >= 4 is 23.2 Å². The molecule has 1 atom stereocenters. The summed E-state index contributed by atoms with van der Waals surface area (Å²) in [5.41, 5.74) is 6.79. The van der Waals surface area contributed by atoms with E-state index in [9.17, 15) is 0 Å². The van der Waals surface area contributed by atoms with Crippen LogP contribution < -0.4 is 5.73 Å². The van der Waals surface area contributed by atoms with Gasteiger partial charge in [0.2, 0.25) is 0 Å². The van der Waals surface area contributed by atoms with E-state index in [0.29, 0.717) is 22.5 Å². The molecule has 0 aliphatic heterocycles. The standard InChI is InChI=1S/C10H13Cl2N/c1-2-7(6-13)8-3-4-9(11)10(12)5-8/h3-5,7H,2,6,13H2,1H3/t7-/m1/s1. The van der Waals surface area contributed by atoms with Crippen LogP contribution in [0, 0.1) is 0 Å². The van der Waals surface area contributed by atoms with Crippen LogP contribution >= 0.6 is 23.2 Å². The number of hydrogen-bond acceptors (Lipinski definition) is 1. The lowest BCUT2D eigenvalue weighted by Gasteiger charge is -2.12. The number of halogens is 2. The molecule has 0 bridgehead atoms. The van der Waals surface area contributed by atoms with Gasteiger partial charge in [0.15, 0.2) is 0 Å². The van der Waals surface area contributed by atoms with E-state index in [1.54, 1.807) is 0 Å². The molecule has 0 aromatic heterocycles. The predicted molar refractivity (Wildman–Crippen MR) is 58.5 cm³/mol. The van der Waals surface area contributed by atoms with Crippen molar-refractivity contribution in [2.24, 2.45) is 5.73 Å². The summed E-state index contributed by atoms with van der Waals surface area (Å²) in [6.45, 7) is 2.76. The Morgan fingerprint density at radius 2 is 2.00 bits per heavy atom. The Kier molecular flexibility index (Phi) is 4.04. The van der Waals surface area contributed by atoms with Gasteiger partial charge in [0.05, 0.1) is 10.0 Å². The molecule has 3 heteroatoms. The molecule has 0 aliphatic carbocycles. The van der Waals surface area contributed by atoms with Crippen LogP contribution in [0.25, 0.3) is 0 Å². The van der Waals surface area contributed by atoms with Crippen molar-refractivity contribution < 1.29 is 0 Å². The van der Waals surface area contributed by atoms with E-state index in [2.05, 4.69) is 6.92 Å². The van der Waals surface area contributed by atoms with E-state index in [1.165, 1.54) is 5.56 Å². The maximum atomic E-state index is 5.90. The SMILES string of the molecule is CC[C@H](CN)c1ccc(Cl)c(Cl)c1. The molecule has 0 saturated carbocycles. The Labute approximate surface area is 88.8 Å². The second kappa shape index (κ2) is 4.85. The second-order valence-corrected chi connectivity index (χ2v) is 3.83. The van der Waals surface area contributed by atoms with Gasteiger partial charge in [-0.15, -0.1) is 0 Å². The highest BCUT2D eigenvalue weighted by Gasteiger charge is 2.08. The fraction of sp³-hybridized carbons (Fsp3) is 0.400. The van der Waals surface area contributed by atoms with E-state index in [4.69, 9.17) is 28.9 Å². The van der Waals surface area contributed by atoms with Gasteiger partial charge in [-0.05, 0) is 36.6 Å². The van der Waals surface area contributed by atoms with Gasteiger partial charge in [0.1, 0.15) is 0 Å². The topological polar surface area (TPSA) is 26.0 Å². The molecule has 0 radical (unpaired) electrons. The molecule has 0 saturated heterocycles. The van der Waals surface area contributed by atoms with Crippen molar-refractivity contribution in [1.82, 2.24) is 0 Å². The van der Waals surface area contributed by atoms with Crippen LogP contribution in [0.3, 0.4) is 0 Å². The van der Waals surface area contributed by atoms with Gasteiger partial charge in [-0.2, -0.15) is 0 Å². The van der Waals surface area contributed by atoms with Crippen LogP contribution in [0.5, 0.6) is 0 Å². The van der Waals surface area contributed by atoms with Crippen LogP contribution in [0.4, 0.5) is 0 Å². The first-order valence-corrected chi connectivity index (χ1v) is 5.09. The van der Waals surface area contributed by atoms with Crippen molar-refractivity contribution in [2.45, 2.75) is 19.3 Å². The predicted octanol–water partition coefficient (Wildman–Crippen LogP) is 3.45. The largest absolute Gasteiger partial charge is 0.330 e. The van der Waals surface area contributed by atoms with E-state index in [-0.39, 0.29) is 0 Å². The van der Waals surface area contributed by atoms with Crippen LogP contribution in [0.2, 0.25) is 10.0 Å². The van der Waals surface area contributed by atoms with E-state index in [0.717, 1.165) is 6.42 Å². The average molecular weight is 218 g/mol. The number of nitrogens with two attached hydrogens (primary N) is 1. The highest BCUT2D eigenvalue weighted by molar-refractivity contribution is 6.42. The lowest BCUT2D eigenvalue weighted by atomic mass is 9.97. The molecule has 0 aliphatic rings. The summed E-state index contributed by atoms with van der Waals surface area (Å²) in [5, 5.41) is 1.20. The summed E-state index contributed by atoms with van der Waals surface area (Å²) >= 11 is 11.7. The molecule has 1 nitrogen and oxygen atoms in total. The number of rotatable bonds is 3. The maximum absolute atomic E-state index is 5.90. The van der Waals surface area contributed by atoms with Crippen LogP contribution in [-0.4, -0.2) is 6.54 Å². The zero-order chi connectivity index (χ0) is 9.84. The van der Waals surface area contributed by atoms with Crippen molar-refractivity contribution in [3.63, 3.8) is 0 Å². The zero-order valence-electron chi connectivity index (χ0n) is 7.56. The Balaban J connectivity index is 2.95. The number of hydrogen-bond donors (Lipinski definition) is 1. The van der Waals surface area contributed by atoms with Gasteiger partial charge in [-0.25, -0.2) is 0 Å². The van der Waals surface area contributed by atoms with Crippen molar-refractivity contribution in [1.29, 1.82) is 0 Å². The summed E-state index contributed by atoms with van der Waals surface area (Å²) in [5.74, 6) is 0.384. The quantitative estimate of drug-likeness (QED) is 0.826. The summed E-state index contributed by atoms with van der Waals surface area (Å²) in [7, 11) is 0. The van der Waals surface area contributed by atoms with Gasteiger partial charge < -0.3 is 5.73 Å². The molecular formula is C10H13Cl2N. The van der Waals surface area contributed by atoms with Gasteiger partial charge >= 0.3 is 0 Å². The fourth-order valence-corrected chi connectivity index (χ4v) is 1.61. The highest BCUT2D eigenvalue weighted by Crippen LogP contribution is 2.27. The first-order chi connectivity index (χ1) is 6.19. The third kappa shape index (κ3) is 2.60. The summed E-state index contributed by atoms with van der Waals surface area (Å²) < 4.78 is 0. The van der Waals surface area contributed by atoms with Crippen molar-refractivity contribution in [3.05, 3.63) is 33.8 Å². The van der Waals surface area contributed by atoms with Crippen molar-refractivity contribution in [2.75, 3.05) is 6.54 Å². The van der Waals surface area contributed by atoms with E-state index < -0.39 is 0 Å².